The summed E-state index contributed by atoms with van der Waals surface area (Å²) in [5.74, 6) is 1.46. The lowest BCUT2D eigenvalue weighted by Crippen LogP contribution is -2.37. The number of aromatic nitrogens is 2. The summed E-state index contributed by atoms with van der Waals surface area (Å²) >= 11 is 0. The Morgan fingerprint density at radius 1 is 0.633 bits per heavy atom. The minimum absolute atomic E-state index is 1.16. The first-order valence-electron chi connectivity index (χ1n) is 13.0. The second-order valence-electron chi connectivity index (χ2n) is 8.96. The molecule has 0 fully saturated rings. The zero-order valence-corrected chi connectivity index (χ0v) is 20.0. The van der Waals surface area contributed by atoms with Crippen LogP contribution in [0.15, 0.2) is 42.7 Å². The van der Waals surface area contributed by atoms with E-state index >= 15 is 0 Å². The van der Waals surface area contributed by atoms with Crippen molar-refractivity contribution >= 4 is 0 Å². The van der Waals surface area contributed by atoms with Gasteiger partial charge in [-0.05, 0) is 31.4 Å². The highest BCUT2D eigenvalue weighted by atomic mass is 15.1. The van der Waals surface area contributed by atoms with Crippen LogP contribution in [0.2, 0.25) is 0 Å². The average molecular weight is 412 g/mol. The molecule has 0 aliphatic carbocycles. The molecule has 0 saturated heterocycles. The molecule has 1 aromatic heterocycles. The van der Waals surface area contributed by atoms with Crippen molar-refractivity contribution in [1.82, 2.24) is 4.57 Å². The largest absolute Gasteiger partial charge is 0.261 e. The summed E-state index contributed by atoms with van der Waals surface area (Å²) in [6.07, 6.45) is 26.7. The van der Waals surface area contributed by atoms with Crippen LogP contribution < -0.4 is 4.57 Å². The Hall–Kier alpha value is -1.57. The lowest BCUT2D eigenvalue weighted by atomic mass is 10.0. The molecule has 0 aliphatic rings. The topological polar surface area (TPSA) is 8.81 Å². The van der Waals surface area contributed by atoms with Crippen molar-refractivity contribution in [3.8, 4) is 5.69 Å². The third-order valence-electron chi connectivity index (χ3n) is 6.30. The van der Waals surface area contributed by atoms with Gasteiger partial charge in [-0.2, -0.15) is 4.57 Å². The van der Waals surface area contributed by atoms with Crippen molar-refractivity contribution in [2.45, 2.75) is 123 Å². The Balaban J connectivity index is 1.61. The summed E-state index contributed by atoms with van der Waals surface area (Å²) < 4.78 is 4.89. The molecular formula is C28H47N2+. The van der Waals surface area contributed by atoms with Crippen molar-refractivity contribution in [3.63, 3.8) is 0 Å². The van der Waals surface area contributed by atoms with Gasteiger partial charge in [0.25, 0.3) is 5.82 Å². The van der Waals surface area contributed by atoms with E-state index in [1.54, 1.807) is 0 Å². The first-order chi connectivity index (χ1) is 14.9. The molecule has 0 aliphatic heterocycles. The fourth-order valence-corrected chi connectivity index (χ4v) is 4.38. The fourth-order valence-electron chi connectivity index (χ4n) is 4.38. The SMILES string of the molecule is CCCCCCCCCCCCCCC[n+]1ccn(-c2ccccc2)c1CCCC. The van der Waals surface area contributed by atoms with E-state index < -0.39 is 0 Å². The maximum atomic E-state index is 2.50. The van der Waals surface area contributed by atoms with Gasteiger partial charge in [0.15, 0.2) is 0 Å². The number of aryl methyl sites for hydroxylation is 1. The number of nitrogens with zero attached hydrogens (tertiary/aromatic N) is 2. The summed E-state index contributed by atoms with van der Waals surface area (Å²) in [6, 6.07) is 10.8. The number of hydrogen-bond acceptors (Lipinski definition) is 0. The van der Waals surface area contributed by atoms with Crippen molar-refractivity contribution < 1.29 is 4.57 Å². The molecule has 0 unspecified atom stereocenters. The zero-order chi connectivity index (χ0) is 21.3. The predicted octanol–water partition coefficient (Wildman–Crippen LogP) is 8.20. The summed E-state index contributed by atoms with van der Waals surface area (Å²) in [5.41, 5.74) is 1.28. The molecule has 0 N–H and O–H groups in total. The van der Waals surface area contributed by atoms with E-state index in [1.807, 2.05) is 0 Å². The van der Waals surface area contributed by atoms with E-state index in [2.05, 4.69) is 65.7 Å². The normalized spacial score (nSPS) is 11.3. The molecule has 0 radical (unpaired) electrons. The number of unbranched alkanes of at least 4 members (excludes halogenated alkanes) is 13. The molecule has 2 nitrogen and oxygen atoms in total. The van der Waals surface area contributed by atoms with Crippen LogP contribution in [0, 0.1) is 0 Å². The van der Waals surface area contributed by atoms with Crippen molar-refractivity contribution in [1.29, 1.82) is 0 Å². The molecule has 2 rings (SSSR count). The van der Waals surface area contributed by atoms with Crippen LogP contribution in [0.1, 0.15) is 116 Å². The first kappa shape index (κ1) is 24.7. The van der Waals surface area contributed by atoms with Crippen LogP contribution in [0.5, 0.6) is 0 Å². The Kier molecular flexibility index (Phi) is 13.3. The third kappa shape index (κ3) is 9.49. The number of rotatable bonds is 18. The maximum absolute atomic E-state index is 2.50. The van der Waals surface area contributed by atoms with Gasteiger partial charge in [-0.3, -0.25) is 0 Å². The minimum Gasteiger partial charge on any atom is -0.234 e. The molecule has 1 aromatic carbocycles. The zero-order valence-electron chi connectivity index (χ0n) is 20.0. The van der Waals surface area contributed by atoms with E-state index in [0.29, 0.717) is 0 Å². The number of para-hydroxylation sites is 1. The first-order valence-corrected chi connectivity index (χ1v) is 13.0. The smallest absolute Gasteiger partial charge is 0.234 e. The maximum Gasteiger partial charge on any atom is 0.261 e. The molecule has 30 heavy (non-hydrogen) atoms. The second-order valence-corrected chi connectivity index (χ2v) is 8.96. The Bertz CT molecular complexity index is 644. The lowest BCUT2D eigenvalue weighted by molar-refractivity contribution is -0.704. The van der Waals surface area contributed by atoms with Gasteiger partial charge in [-0.1, -0.05) is 109 Å². The minimum atomic E-state index is 1.16. The predicted molar refractivity (Wildman–Crippen MR) is 130 cm³/mol. The molecule has 2 aromatic rings. The Labute approximate surface area is 186 Å². The monoisotopic (exact) mass is 411 g/mol. The van der Waals surface area contributed by atoms with Gasteiger partial charge in [0.1, 0.15) is 18.1 Å². The summed E-state index contributed by atoms with van der Waals surface area (Å²) in [4.78, 5) is 0. The van der Waals surface area contributed by atoms with Gasteiger partial charge in [0.05, 0.1) is 6.54 Å². The van der Waals surface area contributed by atoms with Crippen LogP contribution in [-0.2, 0) is 13.0 Å². The van der Waals surface area contributed by atoms with Crippen molar-refractivity contribution in [2.75, 3.05) is 0 Å². The van der Waals surface area contributed by atoms with Crippen LogP contribution in [-0.4, -0.2) is 4.57 Å². The summed E-state index contributed by atoms with van der Waals surface area (Å²) in [6.45, 7) is 5.74. The van der Waals surface area contributed by atoms with Gasteiger partial charge >= 0.3 is 0 Å². The highest BCUT2D eigenvalue weighted by Gasteiger charge is 2.17. The lowest BCUT2D eigenvalue weighted by Gasteiger charge is -2.06. The van der Waals surface area contributed by atoms with Gasteiger partial charge in [-0.15, -0.1) is 0 Å². The molecule has 168 valence electrons. The molecule has 0 atom stereocenters. The van der Waals surface area contributed by atoms with Gasteiger partial charge < -0.3 is 0 Å². The van der Waals surface area contributed by atoms with Crippen molar-refractivity contribution in [2.24, 2.45) is 0 Å². The molecule has 0 spiro atoms. The summed E-state index contributed by atoms with van der Waals surface area (Å²) in [7, 11) is 0. The second kappa shape index (κ2) is 16.2. The third-order valence-corrected chi connectivity index (χ3v) is 6.30. The van der Waals surface area contributed by atoms with E-state index in [9.17, 15) is 0 Å². The van der Waals surface area contributed by atoms with Gasteiger partial charge in [0, 0.05) is 6.42 Å². The average Bonchev–Trinajstić information content (AvgIpc) is 3.18. The standard InChI is InChI=1S/C28H47N2/c1-3-5-7-8-9-10-11-12-13-14-15-16-20-24-29-25-26-30(28(29)23-6-4-2)27-21-18-17-19-22-27/h17-19,21-22,25-26H,3-16,20,23-24H2,1-2H3/q+1. The van der Waals surface area contributed by atoms with E-state index in [1.165, 1.54) is 108 Å². The van der Waals surface area contributed by atoms with Crippen LogP contribution >= 0.6 is 0 Å². The van der Waals surface area contributed by atoms with E-state index in [0.717, 1.165) is 13.0 Å². The van der Waals surface area contributed by atoms with E-state index in [4.69, 9.17) is 0 Å². The van der Waals surface area contributed by atoms with Crippen LogP contribution in [0.4, 0.5) is 0 Å². The Morgan fingerprint density at radius 3 is 1.73 bits per heavy atom. The van der Waals surface area contributed by atoms with Crippen molar-refractivity contribution in [3.05, 3.63) is 48.5 Å². The fraction of sp³-hybridized carbons (Fsp3) is 0.679. The Morgan fingerprint density at radius 2 is 1.17 bits per heavy atom. The molecule has 2 heteroatoms. The van der Waals surface area contributed by atoms with Gasteiger partial charge in [-0.25, -0.2) is 4.57 Å². The number of benzene rings is 1. The molecule has 0 saturated carbocycles. The highest BCUT2D eigenvalue weighted by molar-refractivity contribution is 5.31. The van der Waals surface area contributed by atoms with E-state index in [-0.39, 0.29) is 0 Å². The number of imidazole rings is 1. The van der Waals surface area contributed by atoms with Crippen LogP contribution in [0.3, 0.4) is 0 Å². The molecular weight excluding hydrogens is 364 g/mol. The molecule has 0 bridgehead atoms. The quantitative estimate of drug-likeness (QED) is 0.173. The molecule has 1 heterocycles. The highest BCUT2D eigenvalue weighted by Crippen LogP contribution is 2.14. The summed E-state index contributed by atoms with van der Waals surface area (Å²) in [5, 5.41) is 0. The van der Waals surface area contributed by atoms with Gasteiger partial charge in [0.2, 0.25) is 0 Å². The number of hydrogen-bond donors (Lipinski definition) is 0. The molecule has 0 amide bonds. The van der Waals surface area contributed by atoms with Crippen LogP contribution in [0.25, 0.3) is 5.69 Å².